The molecule has 0 aromatic heterocycles. The Kier molecular flexibility index (Phi) is 6.58. The van der Waals surface area contributed by atoms with Crippen LogP contribution in [0.2, 0.25) is 0 Å². The fraction of sp³-hybridized carbons (Fsp3) is 0.455. The molecule has 0 spiro atoms. The van der Waals surface area contributed by atoms with Gasteiger partial charge < -0.3 is 15.0 Å². The zero-order valence-electron chi connectivity index (χ0n) is 9.34. The number of ether oxygens (including phenoxy) is 1. The zero-order valence-corrected chi connectivity index (χ0v) is 9.34. The molecule has 0 fully saturated rings. The summed E-state index contributed by atoms with van der Waals surface area (Å²) in [6.07, 6.45) is 3.69. The maximum absolute atomic E-state index is 4.91. The highest BCUT2D eigenvalue weighted by atomic mass is 16.5. The van der Waals surface area contributed by atoms with E-state index in [0.717, 1.165) is 18.8 Å². The Hall–Kier alpha value is -1.22. The summed E-state index contributed by atoms with van der Waals surface area (Å²) in [7, 11) is 5.53. The summed E-state index contributed by atoms with van der Waals surface area (Å²) < 4.78 is 4.91. The molecule has 0 atom stereocenters. The van der Waals surface area contributed by atoms with Crippen molar-refractivity contribution in [2.75, 3.05) is 34.3 Å². The molecule has 3 heteroatoms. The summed E-state index contributed by atoms with van der Waals surface area (Å²) in [4.78, 5) is 2.07. The molecule has 1 N–H and O–H groups in total. The Morgan fingerprint density at radius 3 is 2.57 bits per heavy atom. The van der Waals surface area contributed by atoms with Crippen molar-refractivity contribution in [3.63, 3.8) is 0 Å². The van der Waals surface area contributed by atoms with Gasteiger partial charge in [0.05, 0.1) is 7.11 Å². The highest BCUT2D eigenvalue weighted by Gasteiger charge is 1.96. The van der Waals surface area contributed by atoms with E-state index < -0.39 is 0 Å². The monoisotopic (exact) mass is 196 g/mol. The lowest BCUT2D eigenvalue weighted by Crippen LogP contribution is -2.25. The normalized spacial score (nSPS) is 10.2. The third kappa shape index (κ3) is 5.43. The van der Waals surface area contributed by atoms with Gasteiger partial charge in [0.1, 0.15) is 5.76 Å². The molecule has 0 aromatic carbocycles. The molecule has 0 aromatic rings. The van der Waals surface area contributed by atoms with Gasteiger partial charge in [-0.25, -0.2) is 0 Å². The van der Waals surface area contributed by atoms with Crippen LogP contribution in [0.1, 0.15) is 0 Å². The van der Waals surface area contributed by atoms with E-state index in [4.69, 9.17) is 4.74 Å². The van der Waals surface area contributed by atoms with Crippen molar-refractivity contribution in [1.82, 2.24) is 10.2 Å². The number of hydrogen-bond donors (Lipinski definition) is 1. The predicted molar refractivity (Wildman–Crippen MR) is 61.0 cm³/mol. The number of nitrogens with one attached hydrogen (secondary N) is 1. The van der Waals surface area contributed by atoms with Gasteiger partial charge in [0.25, 0.3) is 0 Å². The van der Waals surface area contributed by atoms with E-state index >= 15 is 0 Å². The molecular formula is C11H20N2O. The first-order valence-corrected chi connectivity index (χ1v) is 4.57. The van der Waals surface area contributed by atoms with Gasteiger partial charge in [-0.2, -0.15) is 0 Å². The van der Waals surface area contributed by atoms with Crippen LogP contribution in [0, 0.1) is 0 Å². The van der Waals surface area contributed by atoms with E-state index in [1.165, 1.54) is 0 Å². The van der Waals surface area contributed by atoms with Crippen LogP contribution in [0.25, 0.3) is 0 Å². The van der Waals surface area contributed by atoms with Gasteiger partial charge in [0.2, 0.25) is 0 Å². The number of likely N-dealkylation sites (N-methyl/N-ethyl adjacent to an activating group) is 2. The molecule has 14 heavy (non-hydrogen) atoms. The molecular weight excluding hydrogens is 176 g/mol. The van der Waals surface area contributed by atoms with Gasteiger partial charge in [0, 0.05) is 25.8 Å². The standard InChI is InChI=1S/C11H20N2O/c1-10(6-7-11(2)14-5)13(4)9-8-12-3/h6-7,12H,1-2,8-9H2,3-5H3/b7-6-. The third-order valence-corrected chi connectivity index (χ3v) is 1.91. The quantitative estimate of drug-likeness (QED) is 0.491. The van der Waals surface area contributed by atoms with E-state index in [1.54, 1.807) is 13.2 Å². The highest BCUT2D eigenvalue weighted by molar-refractivity contribution is 5.20. The molecule has 3 nitrogen and oxygen atoms in total. The lowest BCUT2D eigenvalue weighted by molar-refractivity contribution is 0.308. The molecule has 0 rings (SSSR count). The van der Waals surface area contributed by atoms with Crippen LogP contribution in [0.15, 0.2) is 36.8 Å². The first kappa shape index (κ1) is 12.8. The Morgan fingerprint density at radius 2 is 2.07 bits per heavy atom. The van der Waals surface area contributed by atoms with Crippen molar-refractivity contribution in [3.8, 4) is 0 Å². The van der Waals surface area contributed by atoms with Crippen LogP contribution in [0.4, 0.5) is 0 Å². The number of nitrogens with zero attached hydrogens (tertiary/aromatic N) is 1. The fourth-order valence-electron chi connectivity index (χ4n) is 0.808. The SMILES string of the molecule is C=C(/C=C\C(=C)N(C)CCNC)OC. The minimum Gasteiger partial charge on any atom is -0.497 e. The third-order valence-electron chi connectivity index (χ3n) is 1.91. The van der Waals surface area contributed by atoms with Crippen LogP contribution < -0.4 is 5.32 Å². The van der Waals surface area contributed by atoms with E-state index in [9.17, 15) is 0 Å². The molecule has 0 unspecified atom stereocenters. The fourth-order valence-corrected chi connectivity index (χ4v) is 0.808. The zero-order chi connectivity index (χ0) is 11.0. The highest BCUT2D eigenvalue weighted by Crippen LogP contribution is 2.02. The average molecular weight is 196 g/mol. The number of hydrogen-bond acceptors (Lipinski definition) is 3. The van der Waals surface area contributed by atoms with Crippen molar-refractivity contribution in [3.05, 3.63) is 36.8 Å². The Morgan fingerprint density at radius 1 is 1.43 bits per heavy atom. The van der Waals surface area contributed by atoms with Crippen LogP contribution in [-0.2, 0) is 4.74 Å². The molecule has 0 amide bonds. The Balaban J connectivity index is 3.94. The Labute approximate surface area is 86.7 Å². The summed E-state index contributed by atoms with van der Waals surface area (Å²) in [6, 6.07) is 0. The van der Waals surface area contributed by atoms with Crippen LogP contribution >= 0.6 is 0 Å². The Bertz CT molecular complexity index is 221. The first-order valence-electron chi connectivity index (χ1n) is 4.57. The lowest BCUT2D eigenvalue weighted by Gasteiger charge is -2.18. The van der Waals surface area contributed by atoms with E-state index in [2.05, 4.69) is 23.4 Å². The summed E-state index contributed by atoms with van der Waals surface area (Å²) >= 11 is 0. The van der Waals surface area contributed by atoms with E-state index in [1.807, 2.05) is 20.2 Å². The second-order valence-electron chi connectivity index (χ2n) is 3.02. The number of allylic oxidation sites excluding steroid dienone is 2. The van der Waals surface area contributed by atoms with Crippen molar-refractivity contribution >= 4 is 0 Å². The first-order chi connectivity index (χ1) is 6.61. The smallest absolute Gasteiger partial charge is 0.111 e. The van der Waals surface area contributed by atoms with Crippen LogP contribution in [0.3, 0.4) is 0 Å². The minimum absolute atomic E-state index is 0.633. The molecule has 0 aliphatic rings. The molecule has 80 valence electrons. The van der Waals surface area contributed by atoms with Crippen molar-refractivity contribution in [1.29, 1.82) is 0 Å². The largest absolute Gasteiger partial charge is 0.497 e. The van der Waals surface area contributed by atoms with Crippen LogP contribution in [-0.4, -0.2) is 39.2 Å². The number of methoxy groups -OCH3 is 1. The minimum atomic E-state index is 0.633. The molecule has 0 saturated carbocycles. The van der Waals surface area contributed by atoms with Gasteiger partial charge in [-0.15, -0.1) is 0 Å². The summed E-state index contributed by atoms with van der Waals surface area (Å²) in [5.74, 6) is 0.633. The predicted octanol–water partition coefficient (Wildman–Crippen LogP) is 1.37. The van der Waals surface area contributed by atoms with Crippen molar-refractivity contribution < 1.29 is 4.74 Å². The van der Waals surface area contributed by atoms with Gasteiger partial charge in [-0.3, -0.25) is 0 Å². The van der Waals surface area contributed by atoms with Gasteiger partial charge in [-0.1, -0.05) is 13.2 Å². The summed E-state index contributed by atoms with van der Waals surface area (Å²) in [5.41, 5.74) is 0.943. The van der Waals surface area contributed by atoms with Crippen molar-refractivity contribution in [2.24, 2.45) is 0 Å². The van der Waals surface area contributed by atoms with Gasteiger partial charge in [-0.05, 0) is 19.2 Å². The second kappa shape index (κ2) is 7.21. The topological polar surface area (TPSA) is 24.5 Å². The lowest BCUT2D eigenvalue weighted by atomic mass is 10.3. The molecule has 0 aliphatic carbocycles. The van der Waals surface area contributed by atoms with E-state index in [0.29, 0.717) is 5.76 Å². The number of rotatable bonds is 7. The molecule has 0 bridgehead atoms. The molecule has 0 saturated heterocycles. The van der Waals surface area contributed by atoms with Crippen molar-refractivity contribution in [2.45, 2.75) is 0 Å². The maximum atomic E-state index is 4.91. The average Bonchev–Trinajstić information content (AvgIpc) is 2.21. The van der Waals surface area contributed by atoms with Gasteiger partial charge in [0.15, 0.2) is 0 Å². The molecule has 0 radical (unpaired) electrons. The van der Waals surface area contributed by atoms with E-state index in [-0.39, 0.29) is 0 Å². The summed E-state index contributed by atoms with van der Waals surface area (Å²) in [6.45, 7) is 9.48. The van der Waals surface area contributed by atoms with Gasteiger partial charge >= 0.3 is 0 Å². The molecule has 0 heterocycles. The van der Waals surface area contributed by atoms with Crippen LogP contribution in [0.5, 0.6) is 0 Å². The second-order valence-corrected chi connectivity index (χ2v) is 3.02. The maximum Gasteiger partial charge on any atom is 0.111 e. The summed E-state index contributed by atoms with van der Waals surface area (Å²) in [5, 5.41) is 3.08. The molecule has 0 aliphatic heterocycles.